The highest BCUT2D eigenvalue weighted by Gasteiger charge is 2.16. The molecule has 3 N–H and O–H groups in total. The summed E-state index contributed by atoms with van der Waals surface area (Å²) in [5.41, 5.74) is 3.06. The molecule has 3 aromatic carbocycles. The minimum absolute atomic E-state index is 0.0604. The number of thiophene rings is 1. The summed E-state index contributed by atoms with van der Waals surface area (Å²) in [6.45, 7) is 1.72. The third kappa shape index (κ3) is 7.34. The molecule has 0 bridgehead atoms. The number of anilines is 1. The van der Waals surface area contributed by atoms with Gasteiger partial charge in [0.2, 0.25) is 5.91 Å². The number of fused-ring (bicyclic) bond motifs is 1. The van der Waals surface area contributed by atoms with E-state index in [1.54, 1.807) is 18.3 Å². The lowest BCUT2D eigenvalue weighted by atomic mass is 10.1. The van der Waals surface area contributed by atoms with Crippen molar-refractivity contribution in [2.45, 2.75) is 25.3 Å². The molecular weight excluding hydrogens is 584 g/mol. The molecule has 1 aliphatic rings. The summed E-state index contributed by atoms with van der Waals surface area (Å²) >= 11 is 6.76. The number of benzene rings is 3. The monoisotopic (exact) mass is 612 g/mol. The molecule has 0 radical (unpaired) electrons. The van der Waals surface area contributed by atoms with E-state index >= 15 is 4.39 Å². The average Bonchev–Trinajstić information content (AvgIpc) is 3.69. The lowest BCUT2D eigenvalue weighted by Gasteiger charge is -2.12. The number of hydrogen-bond acceptors (Lipinski definition) is 7. The molecule has 7 nitrogen and oxygen atoms in total. The van der Waals surface area contributed by atoms with Crippen LogP contribution in [-0.2, 0) is 11.2 Å². The number of carbonyl (C=O) groups is 1. The zero-order chi connectivity index (χ0) is 29.6. The van der Waals surface area contributed by atoms with Gasteiger partial charge in [-0.1, -0.05) is 30.3 Å². The number of nitrogens with zero attached hydrogens (tertiary/aromatic N) is 1. The Bertz CT molecular complexity index is 1740. The summed E-state index contributed by atoms with van der Waals surface area (Å²) in [5, 5.41) is 9.00. The number of carbonyl (C=O) groups excluding carboxylic acids is 1. The Kier molecular flexibility index (Phi) is 8.88. The lowest BCUT2D eigenvalue weighted by molar-refractivity contribution is -0.119. The van der Waals surface area contributed by atoms with Crippen molar-refractivity contribution in [3.8, 4) is 27.7 Å². The Morgan fingerprint density at radius 3 is 2.65 bits per heavy atom. The van der Waals surface area contributed by atoms with Crippen LogP contribution in [0.2, 0.25) is 0 Å². The van der Waals surface area contributed by atoms with Crippen LogP contribution in [0.3, 0.4) is 0 Å². The van der Waals surface area contributed by atoms with Crippen molar-refractivity contribution >= 4 is 50.5 Å². The quantitative estimate of drug-likeness (QED) is 0.153. The average molecular weight is 613 g/mol. The fraction of sp³-hybridized carbons (Fsp3) is 0.182. The van der Waals surface area contributed by atoms with Gasteiger partial charge >= 0.3 is 0 Å². The number of halogens is 1. The molecule has 1 aliphatic heterocycles. The van der Waals surface area contributed by atoms with E-state index in [0.717, 1.165) is 44.9 Å². The van der Waals surface area contributed by atoms with Crippen LogP contribution in [0.5, 0.6) is 17.2 Å². The molecule has 5 aromatic rings. The summed E-state index contributed by atoms with van der Waals surface area (Å²) in [6, 6.07) is 25.9. The minimum atomic E-state index is -0.575. The van der Waals surface area contributed by atoms with Gasteiger partial charge in [-0.15, -0.1) is 11.3 Å². The number of pyridine rings is 1. The molecule has 0 saturated carbocycles. The first-order chi connectivity index (χ1) is 21.0. The normalized spacial score (nSPS) is 14.4. The maximum absolute atomic E-state index is 15.1. The third-order valence-corrected chi connectivity index (χ3v) is 8.39. The first kappa shape index (κ1) is 28.7. The smallest absolute Gasteiger partial charge is 0.230 e. The maximum Gasteiger partial charge on any atom is 0.230 e. The third-order valence-electron chi connectivity index (χ3n) is 7.00. The Hall–Kier alpha value is -4.38. The van der Waals surface area contributed by atoms with Crippen LogP contribution < -0.4 is 25.4 Å². The van der Waals surface area contributed by atoms with Crippen molar-refractivity contribution in [2.24, 2.45) is 0 Å². The molecule has 1 unspecified atom stereocenters. The van der Waals surface area contributed by atoms with E-state index in [2.05, 4.69) is 20.9 Å². The van der Waals surface area contributed by atoms with E-state index in [1.807, 2.05) is 60.7 Å². The largest absolute Gasteiger partial charge is 0.492 e. The van der Waals surface area contributed by atoms with E-state index in [0.29, 0.717) is 24.1 Å². The molecule has 1 amide bonds. The second kappa shape index (κ2) is 13.3. The first-order valence-electron chi connectivity index (χ1n) is 14.0. The second-order valence-electron chi connectivity index (χ2n) is 10.2. The van der Waals surface area contributed by atoms with Gasteiger partial charge < -0.3 is 25.4 Å². The SMILES string of the molecule is O=C(Cc1ccccc1)NC(=S)Nc1ccc(Oc2ccnc3cc(-c4ccc(OCC5CCCN5)cc4)sc23)c(F)c1. The molecule has 1 saturated heterocycles. The number of aromatic nitrogens is 1. The fourth-order valence-corrected chi connectivity index (χ4v) is 6.15. The molecule has 1 fully saturated rings. The van der Waals surface area contributed by atoms with Gasteiger partial charge in [0.15, 0.2) is 16.7 Å². The van der Waals surface area contributed by atoms with Crippen molar-refractivity contribution in [3.05, 3.63) is 103 Å². The van der Waals surface area contributed by atoms with Crippen LogP contribution in [0.15, 0.2) is 91.1 Å². The molecule has 6 rings (SSSR count). The molecule has 1 atom stereocenters. The zero-order valence-corrected chi connectivity index (χ0v) is 24.8. The highest BCUT2D eigenvalue weighted by molar-refractivity contribution is 7.80. The summed E-state index contributed by atoms with van der Waals surface area (Å²) in [6.07, 6.45) is 4.17. The summed E-state index contributed by atoms with van der Waals surface area (Å²) < 4.78 is 27.8. The van der Waals surface area contributed by atoms with Gasteiger partial charge in [0.05, 0.1) is 16.6 Å². The molecule has 0 aliphatic carbocycles. The van der Waals surface area contributed by atoms with Gasteiger partial charge in [0, 0.05) is 34.9 Å². The van der Waals surface area contributed by atoms with Gasteiger partial charge in [-0.05, 0) is 85.2 Å². The standard InChI is InChI=1S/C33H29FN4O3S2/c34-26-18-23(37-33(42)38-31(39)17-21-5-2-1-3-6-21)10-13-28(26)41-29-14-16-36-27-19-30(43-32(27)29)22-8-11-25(12-9-22)40-20-24-7-4-15-35-24/h1-3,5-6,8-14,16,18-19,24,35H,4,7,15,17,20H2,(H2,37,38,39,42). The number of thiocarbonyl (C=S) groups is 1. The van der Waals surface area contributed by atoms with Crippen molar-refractivity contribution < 1.29 is 18.7 Å². The Morgan fingerprint density at radius 2 is 1.88 bits per heavy atom. The molecule has 2 aromatic heterocycles. The van der Waals surface area contributed by atoms with Crippen LogP contribution >= 0.6 is 23.6 Å². The molecule has 3 heterocycles. The predicted molar refractivity (Wildman–Crippen MR) is 173 cm³/mol. The van der Waals surface area contributed by atoms with Gasteiger partial charge in [0.25, 0.3) is 0 Å². The lowest BCUT2D eigenvalue weighted by Crippen LogP contribution is -2.35. The number of rotatable bonds is 9. The van der Waals surface area contributed by atoms with Crippen LogP contribution in [0.25, 0.3) is 20.7 Å². The van der Waals surface area contributed by atoms with Crippen molar-refractivity contribution in [1.29, 1.82) is 0 Å². The fourth-order valence-electron chi connectivity index (χ4n) is 4.84. The Balaban J connectivity index is 1.09. The van der Waals surface area contributed by atoms with Gasteiger partial charge in [-0.25, -0.2) is 4.39 Å². The van der Waals surface area contributed by atoms with Crippen molar-refractivity contribution in [2.75, 3.05) is 18.5 Å². The van der Waals surface area contributed by atoms with Crippen LogP contribution in [-0.4, -0.2) is 35.2 Å². The molecular formula is C33H29FN4O3S2. The number of ether oxygens (including phenoxy) is 2. The highest BCUT2D eigenvalue weighted by Crippen LogP contribution is 2.40. The molecule has 218 valence electrons. The second-order valence-corrected chi connectivity index (χ2v) is 11.6. The van der Waals surface area contributed by atoms with E-state index in [4.69, 9.17) is 21.7 Å². The van der Waals surface area contributed by atoms with E-state index in [-0.39, 0.29) is 23.2 Å². The van der Waals surface area contributed by atoms with Crippen molar-refractivity contribution in [1.82, 2.24) is 15.6 Å². The molecule has 0 spiro atoms. The number of nitrogens with one attached hydrogen (secondary N) is 3. The highest BCUT2D eigenvalue weighted by atomic mass is 32.1. The van der Waals surface area contributed by atoms with Crippen LogP contribution in [0, 0.1) is 5.82 Å². The Labute approximate surface area is 258 Å². The predicted octanol–water partition coefficient (Wildman–Crippen LogP) is 7.08. The van der Waals surface area contributed by atoms with E-state index in [9.17, 15) is 4.79 Å². The van der Waals surface area contributed by atoms with Crippen LogP contribution in [0.4, 0.5) is 10.1 Å². The zero-order valence-electron chi connectivity index (χ0n) is 23.1. The number of hydrogen-bond donors (Lipinski definition) is 3. The van der Waals surface area contributed by atoms with Gasteiger partial charge in [-0.2, -0.15) is 0 Å². The summed E-state index contributed by atoms with van der Waals surface area (Å²) in [4.78, 5) is 17.8. The van der Waals surface area contributed by atoms with Crippen molar-refractivity contribution in [3.63, 3.8) is 0 Å². The van der Waals surface area contributed by atoms with Gasteiger partial charge in [-0.3, -0.25) is 9.78 Å². The molecule has 10 heteroatoms. The van der Waals surface area contributed by atoms with Gasteiger partial charge in [0.1, 0.15) is 18.1 Å². The Morgan fingerprint density at radius 1 is 1.05 bits per heavy atom. The molecule has 43 heavy (non-hydrogen) atoms. The summed E-state index contributed by atoms with van der Waals surface area (Å²) in [7, 11) is 0. The topological polar surface area (TPSA) is 84.5 Å². The van der Waals surface area contributed by atoms with Crippen LogP contribution in [0.1, 0.15) is 18.4 Å². The first-order valence-corrected chi connectivity index (χ1v) is 15.2. The summed E-state index contributed by atoms with van der Waals surface area (Å²) in [5.74, 6) is 0.569. The van der Waals surface area contributed by atoms with E-state index in [1.165, 1.54) is 29.9 Å². The minimum Gasteiger partial charge on any atom is -0.492 e. The number of amides is 1. The van der Waals surface area contributed by atoms with E-state index < -0.39 is 5.82 Å². The maximum atomic E-state index is 15.1.